The van der Waals surface area contributed by atoms with E-state index < -0.39 is 23.3 Å². The minimum atomic E-state index is -1.12. The summed E-state index contributed by atoms with van der Waals surface area (Å²) in [4.78, 5) is 39.6. The Bertz CT molecular complexity index is 738. The van der Waals surface area contributed by atoms with Gasteiger partial charge in [-0.05, 0) is 36.3 Å². The number of carbonyl (C=O) groups excluding carboxylic acids is 3. The molecule has 8 heteroatoms. The van der Waals surface area contributed by atoms with Crippen LogP contribution in [0.3, 0.4) is 0 Å². The number of likely N-dealkylation sites (tertiary alicyclic amines) is 1. The third kappa shape index (κ3) is 2.68. The lowest BCUT2D eigenvalue weighted by atomic mass is 9.78. The van der Waals surface area contributed by atoms with Crippen molar-refractivity contribution in [1.29, 1.82) is 0 Å². The first-order valence-electron chi connectivity index (χ1n) is 8.41. The van der Waals surface area contributed by atoms with E-state index in [-0.39, 0.29) is 23.6 Å². The number of carbonyl (C=O) groups is 3. The van der Waals surface area contributed by atoms with Crippen LogP contribution in [0.25, 0.3) is 0 Å². The number of hydrogen-bond acceptors (Lipinski definition) is 6. The second-order valence-corrected chi connectivity index (χ2v) is 7.78. The van der Waals surface area contributed by atoms with Crippen molar-refractivity contribution in [3.63, 3.8) is 0 Å². The smallest absolute Gasteiger partial charge is 0.368 e. The first-order valence-corrected chi connectivity index (χ1v) is 9.80. The third-order valence-corrected chi connectivity index (χ3v) is 6.17. The number of esters is 1. The zero-order valence-corrected chi connectivity index (χ0v) is 15.8. The first kappa shape index (κ1) is 18.7. The monoisotopic (exact) mass is 379 g/mol. The highest BCUT2D eigenvalue weighted by Gasteiger charge is 2.71. The van der Waals surface area contributed by atoms with E-state index in [1.54, 1.807) is 36.0 Å². The summed E-state index contributed by atoms with van der Waals surface area (Å²) in [5.74, 6) is -1.66. The predicted octanol–water partition coefficient (Wildman–Crippen LogP) is -0.0938. The van der Waals surface area contributed by atoms with Gasteiger partial charge in [-0.2, -0.15) is 11.8 Å². The van der Waals surface area contributed by atoms with Crippen LogP contribution in [0.5, 0.6) is 5.75 Å². The number of nitrogens with two attached hydrogens (primary N) is 1. The molecule has 2 saturated heterocycles. The maximum absolute atomic E-state index is 12.9. The number of phenols is 1. The van der Waals surface area contributed by atoms with Crippen molar-refractivity contribution in [1.82, 2.24) is 4.90 Å². The average molecular weight is 379 g/mol. The zero-order chi connectivity index (χ0) is 19.1. The van der Waals surface area contributed by atoms with Gasteiger partial charge >= 0.3 is 5.97 Å². The lowest BCUT2D eigenvalue weighted by Gasteiger charge is -2.28. The maximum atomic E-state index is 12.9. The van der Waals surface area contributed by atoms with Gasteiger partial charge in [0.15, 0.2) is 0 Å². The van der Waals surface area contributed by atoms with Gasteiger partial charge < -0.3 is 15.2 Å². The van der Waals surface area contributed by atoms with Crippen LogP contribution in [0, 0.1) is 11.8 Å². The number of hydrogen-bond donors (Lipinski definition) is 2. The topological polar surface area (TPSA) is 101 Å². The Labute approximate surface area is 156 Å². The molecule has 0 saturated carbocycles. The highest BCUT2D eigenvalue weighted by molar-refractivity contribution is 7.98. The van der Waals surface area contributed by atoms with Crippen LogP contribution < -0.4 is 5.32 Å². The van der Waals surface area contributed by atoms with E-state index in [2.05, 4.69) is 0 Å². The van der Waals surface area contributed by atoms with E-state index in [9.17, 15) is 19.5 Å². The number of aromatic hydroxyl groups is 1. The molecular weight excluding hydrogens is 356 g/mol. The molecule has 1 aromatic carbocycles. The summed E-state index contributed by atoms with van der Waals surface area (Å²) in [7, 11) is 2.78. The SMILES string of the molecule is COC(=O)[C@]1(CCSC)[NH2+][C@@H](c2ccc(O)cc2)[C@@H]2C(=O)N(C)C(=O)[C@H]21. The van der Waals surface area contributed by atoms with E-state index in [1.165, 1.54) is 14.2 Å². The van der Waals surface area contributed by atoms with E-state index in [0.717, 1.165) is 10.5 Å². The van der Waals surface area contributed by atoms with Gasteiger partial charge in [-0.25, -0.2) is 4.79 Å². The van der Waals surface area contributed by atoms with E-state index in [1.807, 2.05) is 11.6 Å². The van der Waals surface area contributed by atoms with Crippen LogP contribution in [0.1, 0.15) is 18.0 Å². The fraction of sp³-hybridized carbons (Fsp3) is 0.500. The molecule has 0 spiro atoms. The number of nitrogens with zero attached hydrogens (tertiary/aromatic N) is 1. The number of imide groups is 1. The molecule has 7 nitrogen and oxygen atoms in total. The molecule has 0 aromatic heterocycles. The predicted molar refractivity (Wildman–Crippen MR) is 95.3 cm³/mol. The van der Waals surface area contributed by atoms with Crippen molar-refractivity contribution in [2.24, 2.45) is 11.8 Å². The first-order chi connectivity index (χ1) is 12.4. The molecule has 26 heavy (non-hydrogen) atoms. The van der Waals surface area contributed by atoms with E-state index >= 15 is 0 Å². The quantitative estimate of drug-likeness (QED) is 0.548. The number of methoxy groups -OCH3 is 1. The summed E-state index contributed by atoms with van der Waals surface area (Å²) in [6.07, 6.45) is 2.37. The van der Waals surface area contributed by atoms with Crippen LogP contribution >= 0.6 is 11.8 Å². The van der Waals surface area contributed by atoms with Crippen LogP contribution in [0.4, 0.5) is 0 Å². The largest absolute Gasteiger partial charge is 0.508 e. The van der Waals surface area contributed by atoms with Gasteiger partial charge in [0.1, 0.15) is 23.6 Å². The lowest BCUT2D eigenvalue weighted by Crippen LogP contribution is -2.98. The van der Waals surface area contributed by atoms with Gasteiger partial charge in [-0.1, -0.05) is 0 Å². The molecule has 2 amide bonds. The van der Waals surface area contributed by atoms with E-state index in [0.29, 0.717) is 12.2 Å². The van der Waals surface area contributed by atoms with Crippen molar-refractivity contribution >= 4 is 29.5 Å². The fourth-order valence-electron chi connectivity index (χ4n) is 4.26. The Morgan fingerprint density at radius 2 is 1.96 bits per heavy atom. The Kier molecular flexibility index (Phi) is 4.98. The average Bonchev–Trinajstić information content (AvgIpc) is 3.10. The molecule has 3 N–H and O–H groups in total. The summed E-state index contributed by atoms with van der Waals surface area (Å²) in [5.41, 5.74) is -0.327. The Hall–Kier alpha value is -2.06. The van der Waals surface area contributed by atoms with Crippen LogP contribution in [-0.2, 0) is 19.1 Å². The van der Waals surface area contributed by atoms with Crippen LogP contribution in [-0.4, -0.2) is 59.5 Å². The summed E-state index contributed by atoms with van der Waals surface area (Å²) < 4.78 is 5.06. The second kappa shape index (κ2) is 6.92. The van der Waals surface area contributed by atoms with Crippen molar-refractivity contribution in [3.05, 3.63) is 29.8 Å². The molecule has 2 fully saturated rings. The number of rotatable bonds is 5. The second-order valence-electron chi connectivity index (χ2n) is 6.80. The van der Waals surface area contributed by atoms with Crippen molar-refractivity contribution in [2.75, 3.05) is 26.2 Å². The summed E-state index contributed by atoms with van der Waals surface area (Å²) >= 11 is 1.58. The van der Waals surface area contributed by atoms with Gasteiger partial charge in [0.25, 0.3) is 0 Å². The van der Waals surface area contributed by atoms with Gasteiger partial charge in [-0.15, -0.1) is 0 Å². The number of phenolic OH excluding ortho intramolecular Hbond substituents is 1. The zero-order valence-electron chi connectivity index (χ0n) is 15.0. The molecule has 0 unspecified atom stereocenters. The third-order valence-electron chi connectivity index (χ3n) is 5.55. The van der Waals surface area contributed by atoms with E-state index in [4.69, 9.17) is 4.74 Å². The van der Waals surface area contributed by atoms with Crippen molar-refractivity contribution < 1.29 is 29.5 Å². The minimum Gasteiger partial charge on any atom is -0.508 e. The van der Waals surface area contributed by atoms with Crippen LogP contribution in [0.2, 0.25) is 0 Å². The van der Waals surface area contributed by atoms with Gasteiger partial charge in [-0.3, -0.25) is 14.5 Å². The molecule has 2 aliphatic rings. The number of ether oxygens (including phenoxy) is 1. The number of benzene rings is 1. The summed E-state index contributed by atoms with van der Waals surface area (Å²) in [5, 5.41) is 11.4. The molecule has 4 atom stereocenters. The highest BCUT2D eigenvalue weighted by atomic mass is 32.2. The molecule has 1 aromatic rings. The normalized spacial score (nSPS) is 30.6. The number of fused-ring (bicyclic) bond motifs is 1. The minimum absolute atomic E-state index is 0.121. The Morgan fingerprint density at radius 1 is 1.31 bits per heavy atom. The Balaban J connectivity index is 2.11. The number of quaternary nitrogens is 1. The van der Waals surface area contributed by atoms with Crippen molar-refractivity contribution in [3.8, 4) is 5.75 Å². The summed E-state index contributed by atoms with van der Waals surface area (Å²) in [6, 6.07) is 6.16. The van der Waals surface area contributed by atoms with Gasteiger partial charge in [0.2, 0.25) is 17.4 Å². The van der Waals surface area contributed by atoms with Gasteiger partial charge in [0.05, 0.1) is 7.11 Å². The van der Waals surface area contributed by atoms with Crippen molar-refractivity contribution in [2.45, 2.75) is 18.0 Å². The summed E-state index contributed by atoms with van der Waals surface area (Å²) in [6.45, 7) is 0. The van der Waals surface area contributed by atoms with Gasteiger partial charge in [0, 0.05) is 19.0 Å². The maximum Gasteiger partial charge on any atom is 0.368 e. The lowest BCUT2D eigenvalue weighted by molar-refractivity contribution is -0.734. The number of amides is 2. The van der Waals surface area contributed by atoms with Crippen LogP contribution in [0.15, 0.2) is 24.3 Å². The molecule has 0 radical (unpaired) electrons. The molecule has 0 aliphatic carbocycles. The molecular formula is C18H23N2O5S+. The number of thioether (sulfide) groups is 1. The standard InChI is InChI=1S/C18H22N2O5S/c1-20-15(22)12-13(16(20)23)18(8-9-26-3,17(24)25-2)19-14(12)10-4-6-11(21)7-5-10/h4-7,12-14,19,21H,8-9H2,1-3H3/p+1/t12-,13+,14+,18-/m1/s1. The highest BCUT2D eigenvalue weighted by Crippen LogP contribution is 2.45. The Morgan fingerprint density at radius 3 is 2.54 bits per heavy atom. The molecule has 2 heterocycles. The molecule has 0 bridgehead atoms. The molecule has 140 valence electrons. The molecule has 2 aliphatic heterocycles. The molecule has 3 rings (SSSR count). The fourth-order valence-corrected chi connectivity index (χ4v) is 4.81.